The first-order valence-electron chi connectivity index (χ1n) is 6.64. The average molecular weight is 262 g/mol. The third-order valence-electron chi connectivity index (χ3n) is 3.32. The topological polar surface area (TPSA) is 54.0 Å². The monoisotopic (exact) mass is 262 g/mol. The molecule has 0 atom stereocenters. The zero-order valence-electron chi connectivity index (χ0n) is 11.0. The number of hydrogen-bond donors (Lipinski definition) is 0. The standard InChI is InChI=1S/C16H14N4/c17-12-14-9-10-20-15(18-19-16(20)11-14)8-4-7-13-5-2-1-3-6-13/h1-3,5-6,9-11H,4,7-8H2. The molecule has 0 spiro atoms. The van der Waals surface area contributed by atoms with E-state index in [1.165, 1.54) is 5.56 Å². The van der Waals surface area contributed by atoms with Crippen LogP contribution >= 0.6 is 0 Å². The van der Waals surface area contributed by atoms with Crippen LogP contribution in [0.5, 0.6) is 0 Å². The van der Waals surface area contributed by atoms with Crippen molar-refractivity contribution in [1.29, 1.82) is 5.26 Å². The highest BCUT2D eigenvalue weighted by Crippen LogP contribution is 2.10. The maximum atomic E-state index is 8.86. The molecular weight excluding hydrogens is 248 g/mol. The molecule has 2 aromatic heterocycles. The van der Waals surface area contributed by atoms with Crippen molar-refractivity contribution in [3.05, 3.63) is 65.6 Å². The smallest absolute Gasteiger partial charge is 0.162 e. The molecule has 4 heteroatoms. The lowest BCUT2D eigenvalue weighted by molar-refractivity contribution is 0.760. The van der Waals surface area contributed by atoms with E-state index in [4.69, 9.17) is 5.26 Å². The van der Waals surface area contributed by atoms with Crippen molar-refractivity contribution in [1.82, 2.24) is 14.6 Å². The molecule has 2 heterocycles. The summed E-state index contributed by atoms with van der Waals surface area (Å²) < 4.78 is 1.95. The summed E-state index contributed by atoms with van der Waals surface area (Å²) in [5.74, 6) is 0.945. The number of fused-ring (bicyclic) bond motifs is 1. The summed E-state index contributed by atoms with van der Waals surface area (Å²) in [6.45, 7) is 0. The van der Waals surface area contributed by atoms with Gasteiger partial charge in [0.2, 0.25) is 0 Å². The average Bonchev–Trinajstić information content (AvgIpc) is 2.91. The number of hydrogen-bond acceptors (Lipinski definition) is 3. The van der Waals surface area contributed by atoms with E-state index in [0.717, 1.165) is 30.7 Å². The quantitative estimate of drug-likeness (QED) is 0.726. The Bertz CT molecular complexity index is 753. The van der Waals surface area contributed by atoms with E-state index in [1.807, 2.05) is 16.7 Å². The van der Waals surface area contributed by atoms with E-state index in [-0.39, 0.29) is 0 Å². The fraction of sp³-hybridized carbons (Fsp3) is 0.188. The molecule has 0 unspecified atom stereocenters. The van der Waals surface area contributed by atoms with Crippen LogP contribution in [0.4, 0.5) is 0 Å². The molecule has 0 N–H and O–H groups in total. The molecule has 4 nitrogen and oxygen atoms in total. The molecule has 0 fully saturated rings. The third-order valence-corrected chi connectivity index (χ3v) is 3.32. The minimum atomic E-state index is 0.612. The molecule has 0 aliphatic rings. The Morgan fingerprint density at radius 2 is 1.90 bits per heavy atom. The molecule has 98 valence electrons. The molecule has 0 amide bonds. The Morgan fingerprint density at radius 1 is 1.05 bits per heavy atom. The zero-order chi connectivity index (χ0) is 13.8. The van der Waals surface area contributed by atoms with Crippen LogP contribution in [-0.4, -0.2) is 14.6 Å². The zero-order valence-corrected chi connectivity index (χ0v) is 11.0. The highest BCUT2D eigenvalue weighted by atomic mass is 15.2. The lowest BCUT2D eigenvalue weighted by Crippen LogP contribution is -1.97. The van der Waals surface area contributed by atoms with Gasteiger partial charge in [-0.3, -0.25) is 4.40 Å². The summed E-state index contributed by atoms with van der Waals surface area (Å²) in [4.78, 5) is 0. The Morgan fingerprint density at radius 3 is 2.70 bits per heavy atom. The minimum absolute atomic E-state index is 0.612. The second kappa shape index (κ2) is 5.54. The number of aryl methyl sites for hydroxylation is 2. The summed E-state index contributed by atoms with van der Waals surface area (Å²) >= 11 is 0. The van der Waals surface area contributed by atoms with Crippen LogP contribution in [0.3, 0.4) is 0 Å². The highest BCUT2D eigenvalue weighted by Gasteiger charge is 2.05. The van der Waals surface area contributed by atoms with E-state index in [1.54, 1.807) is 12.1 Å². The maximum absolute atomic E-state index is 8.86. The molecule has 0 bridgehead atoms. The van der Waals surface area contributed by atoms with E-state index >= 15 is 0 Å². The normalized spacial score (nSPS) is 10.6. The van der Waals surface area contributed by atoms with Crippen LogP contribution in [0, 0.1) is 11.3 Å². The van der Waals surface area contributed by atoms with Crippen LogP contribution in [-0.2, 0) is 12.8 Å². The van der Waals surface area contributed by atoms with Crippen molar-refractivity contribution in [2.75, 3.05) is 0 Å². The van der Waals surface area contributed by atoms with Crippen molar-refractivity contribution in [3.63, 3.8) is 0 Å². The van der Waals surface area contributed by atoms with Crippen molar-refractivity contribution >= 4 is 5.65 Å². The molecule has 0 saturated heterocycles. The second-order valence-corrected chi connectivity index (χ2v) is 4.71. The summed E-state index contributed by atoms with van der Waals surface area (Å²) in [5, 5.41) is 17.2. The molecule has 1 aromatic carbocycles. The number of nitrogens with zero attached hydrogens (tertiary/aromatic N) is 4. The van der Waals surface area contributed by atoms with E-state index < -0.39 is 0 Å². The van der Waals surface area contributed by atoms with E-state index in [9.17, 15) is 0 Å². The number of nitriles is 1. The Kier molecular flexibility index (Phi) is 3.42. The first-order valence-corrected chi connectivity index (χ1v) is 6.64. The Hall–Kier alpha value is -2.67. The van der Waals surface area contributed by atoms with Crippen molar-refractivity contribution in [3.8, 4) is 6.07 Å². The summed E-state index contributed by atoms with van der Waals surface area (Å²) in [7, 11) is 0. The second-order valence-electron chi connectivity index (χ2n) is 4.71. The number of aromatic nitrogens is 3. The van der Waals surface area contributed by atoms with Gasteiger partial charge in [0, 0.05) is 18.7 Å². The lowest BCUT2D eigenvalue weighted by atomic mass is 10.1. The summed E-state index contributed by atoms with van der Waals surface area (Å²) in [6.07, 6.45) is 4.81. The van der Waals surface area contributed by atoms with Gasteiger partial charge in [0.05, 0.1) is 11.6 Å². The van der Waals surface area contributed by atoms with Crippen LogP contribution in [0.2, 0.25) is 0 Å². The molecule has 0 aliphatic carbocycles. The highest BCUT2D eigenvalue weighted by molar-refractivity contribution is 5.45. The fourth-order valence-electron chi connectivity index (χ4n) is 2.28. The predicted octanol–water partition coefficient (Wildman–Crippen LogP) is 2.78. The van der Waals surface area contributed by atoms with Gasteiger partial charge in [-0.1, -0.05) is 30.3 Å². The van der Waals surface area contributed by atoms with Crippen LogP contribution in [0.15, 0.2) is 48.7 Å². The predicted molar refractivity (Wildman–Crippen MR) is 76.2 cm³/mol. The molecule has 0 aliphatic heterocycles. The van der Waals surface area contributed by atoms with E-state index in [2.05, 4.69) is 40.5 Å². The SMILES string of the molecule is N#Cc1ccn2c(CCCc3ccccc3)nnc2c1. The number of rotatable bonds is 4. The maximum Gasteiger partial charge on any atom is 0.162 e. The molecule has 3 aromatic rings. The summed E-state index contributed by atoms with van der Waals surface area (Å²) in [5.41, 5.74) is 2.69. The molecule has 3 rings (SSSR count). The van der Waals surface area contributed by atoms with Gasteiger partial charge >= 0.3 is 0 Å². The van der Waals surface area contributed by atoms with Crippen molar-refractivity contribution in [2.24, 2.45) is 0 Å². The van der Waals surface area contributed by atoms with Crippen molar-refractivity contribution in [2.45, 2.75) is 19.3 Å². The van der Waals surface area contributed by atoms with E-state index in [0.29, 0.717) is 5.56 Å². The number of pyridine rings is 1. The first kappa shape index (κ1) is 12.4. The largest absolute Gasteiger partial charge is 0.286 e. The van der Waals surface area contributed by atoms with Crippen LogP contribution in [0.1, 0.15) is 23.4 Å². The van der Waals surface area contributed by atoms with Gasteiger partial charge in [0.15, 0.2) is 5.65 Å². The van der Waals surface area contributed by atoms with Gasteiger partial charge in [-0.15, -0.1) is 10.2 Å². The number of benzene rings is 1. The lowest BCUT2D eigenvalue weighted by Gasteiger charge is -2.01. The van der Waals surface area contributed by atoms with Crippen molar-refractivity contribution < 1.29 is 0 Å². The first-order chi connectivity index (χ1) is 9.86. The fourth-order valence-corrected chi connectivity index (χ4v) is 2.28. The third kappa shape index (κ3) is 2.52. The molecule has 0 radical (unpaired) electrons. The minimum Gasteiger partial charge on any atom is -0.286 e. The molecule has 20 heavy (non-hydrogen) atoms. The Labute approximate surface area is 117 Å². The Balaban J connectivity index is 1.71. The summed E-state index contributed by atoms with van der Waals surface area (Å²) in [6, 6.07) is 16.1. The molecule has 0 saturated carbocycles. The van der Waals surface area contributed by atoms with Crippen LogP contribution < -0.4 is 0 Å². The van der Waals surface area contributed by atoms with Gasteiger partial charge < -0.3 is 0 Å². The van der Waals surface area contributed by atoms with Crippen LogP contribution in [0.25, 0.3) is 5.65 Å². The van der Waals surface area contributed by atoms with Gasteiger partial charge in [-0.05, 0) is 24.5 Å². The van der Waals surface area contributed by atoms with Gasteiger partial charge in [-0.2, -0.15) is 5.26 Å². The molecular formula is C16H14N4. The van der Waals surface area contributed by atoms with Gasteiger partial charge in [0.25, 0.3) is 0 Å². The van der Waals surface area contributed by atoms with Gasteiger partial charge in [-0.25, -0.2) is 0 Å². The van der Waals surface area contributed by atoms with Gasteiger partial charge in [0.1, 0.15) is 5.82 Å².